The van der Waals surface area contributed by atoms with Crippen LogP contribution in [0.25, 0.3) is 0 Å². The Bertz CT molecular complexity index is 488. The maximum absolute atomic E-state index is 14.4. The van der Waals surface area contributed by atoms with Gasteiger partial charge in [0.15, 0.2) is 0 Å². The molecule has 0 unspecified atom stereocenters. The van der Waals surface area contributed by atoms with Crippen molar-refractivity contribution in [3.05, 3.63) is 29.6 Å². The lowest BCUT2D eigenvalue weighted by molar-refractivity contribution is 0.237. The molecule has 2 aliphatic rings. The van der Waals surface area contributed by atoms with Crippen molar-refractivity contribution in [2.75, 3.05) is 18.0 Å². The molecule has 2 fully saturated rings. The third-order valence-electron chi connectivity index (χ3n) is 5.37. The minimum absolute atomic E-state index is 0.0646. The van der Waals surface area contributed by atoms with E-state index >= 15 is 0 Å². The van der Waals surface area contributed by atoms with Crippen LogP contribution in [0.15, 0.2) is 18.2 Å². The normalized spacial score (nSPS) is 21.6. The number of rotatable bonds is 5. The molecule has 116 valence electrons. The predicted molar refractivity (Wildman–Crippen MR) is 86.1 cm³/mol. The highest BCUT2D eigenvalue weighted by Crippen LogP contribution is 2.37. The maximum atomic E-state index is 14.4. The summed E-state index contributed by atoms with van der Waals surface area (Å²) in [7, 11) is 0. The van der Waals surface area contributed by atoms with Crippen LogP contribution in [0.3, 0.4) is 0 Å². The van der Waals surface area contributed by atoms with Crippen LogP contribution in [0.4, 0.5) is 10.1 Å². The summed E-state index contributed by atoms with van der Waals surface area (Å²) in [6.45, 7) is 7.37. The molecule has 1 saturated heterocycles. The largest absolute Gasteiger partial charge is 0.369 e. The fourth-order valence-electron chi connectivity index (χ4n) is 3.22. The second-order valence-electron chi connectivity index (χ2n) is 7.05. The number of halogens is 1. The van der Waals surface area contributed by atoms with E-state index in [0.29, 0.717) is 11.5 Å². The summed E-state index contributed by atoms with van der Waals surface area (Å²) in [6.07, 6.45) is 6.07. The number of hydrogen-bond donors (Lipinski definition) is 1. The Hall–Kier alpha value is -1.09. The molecule has 0 radical (unpaired) electrons. The van der Waals surface area contributed by atoms with E-state index in [1.54, 1.807) is 6.07 Å². The summed E-state index contributed by atoms with van der Waals surface area (Å²) < 4.78 is 14.4. The summed E-state index contributed by atoms with van der Waals surface area (Å²) in [6, 6.07) is 6.17. The van der Waals surface area contributed by atoms with Crippen LogP contribution < -0.4 is 10.2 Å². The second kappa shape index (κ2) is 5.96. The number of benzene rings is 1. The Morgan fingerprint density at radius 1 is 1.29 bits per heavy atom. The lowest BCUT2D eigenvalue weighted by Gasteiger charge is -2.40. The van der Waals surface area contributed by atoms with Gasteiger partial charge in [0.05, 0.1) is 5.69 Å². The van der Waals surface area contributed by atoms with Gasteiger partial charge in [-0.3, -0.25) is 0 Å². The van der Waals surface area contributed by atoms with Crippen LogP contribution in [-0.4, -0.2) is 19.1 Å². The van der Waals surface area contributed by atoms with Gasteiger partial charge in [-0.15, -0.1) is 0 Å². The molecule has 1 heterocycles. The third kappa shape index (κ3) is 3.39. The van der Waals surface area contributed by atoms with Gasteiger partial charge in [0.1, 0.15) is 5.82 Å². The van der Waals surface area contributed by atoms with Crippen LogP contribution in [0.1, 0.15) is 51.5 Å². The van der Waals surface area contributed by atoms with E-state index < -0.39 is 0 Å². The highest BCUT2D eigenvalue weighted by molar-refractivity contribution is 5.55. The topological polar surface area (TPSA) is 15.3 Å². The molecule has 1 aliphatic heterocycles. The Morgan fingerprint density at radius 3 is 2.62 bits per heavy atom. The average Bonchev–Trinajstić information content (AvgIpc) is 3.31. The Morgan fingerprint density at radius 2 is 2.00 bits per heavy atom. The van der Waals surface area contributed by atoms with Gasteiger partial charge in [0.25, 0.3) is 0 Å². The molecule has 0 bridgehead atoms. The number of nitrogens with one attached hydrogen (secondary N) is 1. The van der Waals surface area contributed by atoms with Crippen LogP contribution in [-0.2, 0) is 6.54 Å². The third-order valence-corrected chi connectivity index (χ3v) is 5.37. The standard InChI is InChI=1S/C18H27FN2/c1-3-18(2)9-11-21(12-10-18)17-14(5-4-6-16(17)19)13-20-15-7-8-15/h4-6,15,20H,3,7-13H2,1-2H3. The molecule has 1 aliphatic carbocycles. The first kappa shape index (κ1) is 14.8. The first-order chi connectivity index (χ1) is 10.1. The molecular formula is C18H27FN2. The fourth-order valence-corrected chi connectivity index (χ4v) is 3.22. The second-order valence-corrected chi connectivity index (χ2v) is 7.05. The highest BCUT2D eigenvalue weighted by atomic mass is 19.1. The van der Waals surface area contributed by atoms with E-state index in [9.17, 15) is 4.39 Å². The first-order valence-electron chi connectivity index (χ1n) is 8.37. The van der Waals surface area contributed by atoms with Crippen molar-refractivity contribution in [3.8, 4) is 0 Å². The highest BCUT2D eigenvalue weighted by Gasteiger charge is 2.30. The number of anilines is 1. The predicted octanol–water partition coefficient (Wildman–Crippen LogP) is 4.09. The zero-order chi connectivity index (χ0) is 14.9. The van der Waals surface area contributed by atoms with Gasteiger partial charge in [-0.25, -0.2) is 4.39 Å². The fraction of sp³-hybridized carbons (Fsp3) is 0.667. The lowest BCUT2D eigenvalue weighted by Crippen LogP contribution is -2.39. The number of nitrogens with zero attached hydrogens (tertiary/aromatic N) is 1. The van der Waals surface area contributed by atoms with Crippen LogP contribution in [0, 0.1) is 11.2 Å². The summed E-state index contributed by atoms with van der Waals surface area (Å²) in [4.78, 5) is 2.26. The van der Waals surface area contributed by atoms with Crippen LogP contribution in [0.2, 0.25) is 0 Å². The summed E-state index contributed by atoms with van der Waals surface area (Å²) in [5.41, 5.74) is 2.39. The Kier molecular flexibility index (Phi) is 4.21. The first-order valence-corrected chi connectivity index (χ1v) is 8.37. The molecule has 0 aromatic heterocycles. The van der Waals surface area contributed by atoms with Crippen LogP contribution >= 0.6 is 0 Å². The summed E-state index contributed by atoms with van der Waals surface area (Å²) >= 11 is 0. The quantitative estimate of drug-likeness (QED) is 0.878. The van der Waals surface area contributed by atoms with Crippen molar-refractivity contribution in [1.82, 2.24) is 5.32 Å². The lowest BCUT2D eigenvalue weighted by atomic mass is 9.78. The molecule has 3 heteroatoms. The zero-order valence-electron chi connectivity index (χ0n) is 13.3. The maximum Gasteiger partial charge on any atom is 0.146 e. The number of piperidine rings is 1. The van der Waals surface area contributed by atoms with E-state index in [1.165, 1.54) is 19.3 Å². The van der Waals surface area contributed by atoms with E-state index in [2.05, 4.69) is 30.1 Å². The molecule has 3 rings (SSSR count). The molecule has 1 N–H and O–H groups in total. The minimum atomic E-state index is -0.0646. The van der Waals surface area contributed by atoms with Crippen molar-refractivity contribution >= 4 is 5.69 Å². The Labute approximate surface area is 127 Å². The molecule has 2 nitrogen and oxygen atoms in total. The molecule has 0 amide bonds. The smallest absolute Gasteiger partial charge is 0.146 e. The molecule has 1 aromatic carbocycles. The van der Waals surface area contributed by atoms with Gasteiger partial charge in [0.2, 0.25) is 0 Å². The zero-order valence-corrected chi connectivity index (χ0v) is 13.3. The molecule has 1 saturated carbocycles. The molecule has 21 heavy (non-hydrogen) atoms. The van der Waals surface area contributed by atoms with Gasteiger partial charge in [0, 0.05) is 25.7 Å². The minimum Gasteiger partial charge on any atom is -0.369 e. The molecular weight excluding hydrogens is 263 g/mol. The van der Waals surface area contributed by atoms with Gasteiger partial charge < -0.3 is 10.2 Å². The van der Waals surface area contributed by atoms with Gasteiger partial charge in [-0.2, -0.15) is 0 Å². The summed E-state index contributed by atoms with van der Waals surface area (Å²) in [5, 5.41) is 3.51. The van der Waals surface area contributed by atoms with E-state index in [0.717, 1.165) is 43.7 Å². The number of hydrogen-bond acceptors (Lipinski definition) is 2. The van der Waals surface area contributed by atoms with Crippen LogP contribution in [0.5, 0.6) is 0 Å². The van der Waals surface area contributed by atoms with Crippen molar-refractivity contribution in [3.63, 3.8) is 0 Å². The van der Waals surface area contributed by atoms with E-state index in [1.807, 2.05) is 6.07 Å². The van der Waals surface area contributed by atoms with Gasteiger partial charge >= 0.3 is 0 Å². The number of para-hydroxylation sites is 1. The van der Waals surface area contributed by atoms with Crippen molar-refractivity contribution < 1.29 is 4.39 Å². The van der Waals surface area contributed by atoms with Gasteiger partial charge in [-0.1, -0.05) is 32.4 Å². The molecule has 0 atom stereocenters. The van der Waals surface area contributed by atoms with E-state index in [-0.39, 0.29) is 5.82 Å². The average molecular weight is 290 g/mol. The van der Waals surface area contributed by atoms with E-state index in [4.69, 9.17) is 0 Å². The van der Waals surface area contributed by atoms with Gasteiger partial charge in [-0.05, 0) is 42.7 Å². The van der Waals surface area contributed by atoms with Crippen molar-refractivity contribution in [1.29, 1.82) is 0 Å². The Balaban J connectivity index is 1.74. The monoisotopic (exact) mass is 290 g/mol. The SMILES string of the molecule is CCC1(C)CCN(c2c(F)cccc2CNC2CC2)CC1. The summed E-state index contributed by atoms with van der Waals surface area (Å²) in [5.74, 6) is -0.0646. The van der Waals surface area contributed by atoms with Crippen molar-refractivity contribution in [2.45, 2.75) is 58.5 Å². The molecule has 0 spiro atoms. The molecule has 1 aromatic rings. The van der Waals surface area contributed by atoms with Crippen molar-refractivity contribution in [2.24, 2.45) is 5.41 Å².